The van der Waals surface area contributed by atoms with Gasteiger partial charge in [0.25, 0.3) is 0 Å². The zero-order valence-electron chi connectivity index (χ0n) is 20.4. The average Bonchev–Trinajstić information content (AvgIpc) is 2.88. The Hall–Kier alpha value is -3.94. The van der Waals surface area contributed by atoms with Crippen molar-refractivity contribution >= 4 is 0 Å². The van der Waals surface area contributed by atoms with E-state index in [0.29, 0.717) is 40.2 Å². The number of benzene rings is 3. The summed E-state index contributed by atoms with van der Waals surface area (Å²) >= 11 is 0. The van der Waals surface area contributed by atoms with Gasteiger partial charge in [-0.25, -0.2) is 0 Å². The quantitative estimate of drug-likeness (QED) is 0.429. The van der Waals surface area contributed by atoms with E-state index in [2.05, 4.69) is 0 Å². The van der Waals surface area contributed by atoms with Gasteiger partial charge in [-0.15, -0.1) is 0 Å². The Morgan fingerprint density at radius 2 is 0.853 bits per heavy atom. The normalized spacial score (nSPS) is 10.6. The van der Waals surface area contributed by atoms with Crippen LogP contribution in [0, 0.1) is 0 Å². The first-order valence-corrected chi connectivity index (χ1v) is 10.4. The van der Waals surface area contributed by atoms with Gasteiger partial charge in [0, 0.05) is 29.2 Å². The van der Waals surface area contributed by atoms with E-state index in [4.69, 9.17) is 33.2 Å². The Morgan fingerprint density at radius 1 is 0.471 bits per heavy atom. The van der Waals surface area contributed by atoms with Crippen LogP contribution in [-0.2, 0) is 0 Å². The molecule has 0 fully saturated rings. The molecule has 0 aliphatic heterocycles. The highest BCUT2D eigenvalue weighted by Crippen LogP contribution is 2.48. The topological polar surface area (TPSA) is 84.8 Å². The van der Waals surface area contributed by atoms with Crippen molar-refractivity contribution < 1.29 is 38.3 Å². The van der Waals surface area contributed by atoms with Crippen LogP contribution >= 0.6 is 0 Å². The number of methoxy groups -OCH3 is 7. The second kappa shape index (κ2) is 10.8. The largest absolute Gasteiger partial charge is 0.504 e. The Kier molecular flexibility index (Phi) is 7.83. The van der Waals surface area contributed by atoms with Gasteiger partial charge in [0.05, 0.1) is 49.8 Å². The van der Waals surface area contributed by atoms with E-state index in [1.54, 1.807) is 66.9 Å². The Morgan fingerprint density at radius 3 is 1.24 bits per heavy atom. The van der Waals surface area contributed by atoms with Crippen molar-refractivity contribution in [3.63, 3.8) is 0 Å². The maximum atomic E-state index is 10.2. The number of hydrogen-bond acceptors (Lipinski definition) is 8. The van der Waals surface area contributed by atoms with Crippen LogP contribution in [-0.4, -0.2) is 54.9 Å². The van der Waals surface area contributed by atoms with Crippen LogP contribution in [0.15, 0.2) is 42.5 Å². The number of ether oxygens (including phenoxy) is 7. The molecule has 0 aromatic heterocycles. The highest BCUT2D eigenvalue weighted by Gasteiger charge is 2.28. The Bertz CT molecular complexity index is 1080. The molecule has 0 heterocycles. The van der Waals surface area contributed by atoms with Crippen molar-refractivity contribution in [2.75, 3.05) is 49.8 Å². The maximum absolute atomic E-state index is 10.2. The van der Waals surface area contributed by atoms with Crippen molar-refractivity contribution in [1.29, 1.82) is 0 Å². The van der Waals surface area contributed by atoms with Gasteiger partial charge in [0.2, 0.25) is 0 Å². The van der Waals surface area contributed by atoms with E-state index in [9.17, 15) is 5.11 Å². The van der Waals surface area contributed by atoms with Crippen molar-refractivity contribution in [2.45, 2.75) is 5.92 Å². The lowest BCUT2D eigenvalue weighted by molar-refractivity contribution is 0.345. The second-order valence-electron chi connectivity index (χ2n) is 7.26. The molecule has 0 saturated carbocycles. The molecule has 0 spiro atoms. The molecule has 8 heteroatoms. The summed E-state index contributed by atoms with van der Waals surface area (Å²) in [6.07, 6.45) is 0. The van der Waals surface area contributed by atoms with Crippen molar-refractivity contribution in [3.05, 3.63) is 59.2 Å². The molecule has 3 rings (SSSR count). The molecule has 0 bridgehead atoms. The average molecular weight is 471 g/mol. The lowest BCUT2D eigenvalue weighted by Crippen LogP contribution is -2.09. The summed E-state index contributed by atoms with van der Waals surface area (Å²) in [6.45, 7) is 0. The van der Waals surface area contributed by atoms with Crippen molar-refractivity contribution in [2.24, 2.45) is 0 Å². The van der Waals surface area contributed by atoms with Crippen LogP contribution in [0.3, 0.4) is 0 Å². The zero-order chi connectivity index (χ0) is 24.8. The fourth-order valence-electron chi connectivity index (χ4n) is 3.96. The summed E-state index contributed by atoms with van der Waals surface area (Å²) in [4.78, 5) is 0. The predicted octanol–water partition coefficient (Wildman–Crippen LogP) is 4.63. The standard InChI is InChI=1S/C26H30O8/c1-28-19-13-24(33-6)22(31-4)11-16(19)26(15-8-9-18(27)21(10-15)30-3)17-12-23(32-5)25(34-7)14-20(17)29-2/h8-14,26-27H,1-7H3. The molecule has 182 valence electrons. The van der Waals surface area contributed by atoms with Crippen LogP contribution in [0.1, 0.15) is 22.6 Å². The SMILES string of the molecule is COc1cc(C(c2cc(OC)c(OC)cc2OC)c2cc(OC)c(OC)cc2OC)ccc1O. The molecule has 3 aromatic rings. The first-order valence-electron chi connectivity index (χ1n) is 10.4. The van der Waals surface area contributed by atoms with Gasteiger partial charge in [-0.1, -0.05) is 6.07 Å². The molecule has 0 amide bonds. The molecule has 0 saturated heterocycles. The lowest BCUT2D eigenvalue weighted by atomic mass is 9.83. The van der Waals surface area contributed by atoms with Crippen LogP contribution in [0.4, 0.5) is 0 Å². The number of hydrogen-bond donors (Lipinski definition) is 1. The van der Waals surface area contributed by atoms with Crippen LogP contribution in [0.25, 0.3) is 0 Å². The van der Waals surface area contributed by atoms with Gasteiger partial charge in [0.1, 0.15) is 11.5 Å². The molecular formula is C26H30O8. The van der Waals surface area contributed by atoms with Gasteiger partial charge in [-0.3, -0.25) is 0 Å². The lowest BCUT2D eigenvalue weighted by Gasteiger charge is -2.25. The highest BCUT2D eigenvalue weighted by atomic mass is 16.5. The number of aromatic hydroxyl groups is 1. The first-order chi connectivity index (χ1) is 16.5. The maximum Gasteiger partial charge on any atom is 0.164 e. The molecule has 0 aliphatic carbocycles. The van der Waals surface area contributed by atoms with Crippen LogP contribution < -0.4 is 33.2 Å². The molecule has 1 N–H and O–H groups in total. The molecule has 34 heavy (non-hydrogen) atoms. The number of phenols is 1. The van der Waals surface area contributed by atoms with Gasteiger partial charge < -0.3 is 38.3 Å². The van der Waals surface area contributed by atoms with E-state index in [1.165, 1.54) is 7.11 Å². The second-order valence-corrected chi connectivity index (χ2v) is 7.26. The fraction of sp³-hybridized carbons (Fsp3) is 0.308. The van der Waals surface area contributed by atoms with Crippen molar-refractivity contribution in [3.8, 4) is 46.0 Å². The molecule has 8 nitrogen and oxygen atoms in total. The summed E-state index contributed by atoms with van der Waals surface area (Å²) < 4.78 is 39.0. The summed E-state index contributed by atoms with van der Waals surface area (Å²) in [7, 11) is 11.0. The minimum Gasteiger partial charge on any atom is -0.504 e. The Labute approximate surface area is 199 Å². The summed E-state index contributed by atoms with van der Waals surface area (Å²) in [5, 5.41) is 10.2. The molecule has 3 aromatic carbocycles. The van der Waals surface area contributed by atoms with E-state index in [1.807, 2.05) is 18.2 Å². The minimum atomic E-state index is -0.431. The molecule has 0 radical (unpaired) electrons. The van der Waals surface area contributed by atoms with E-state index < -0.39 is 5.92 Å². The van der Waals surface area contributed by atoms with Crippen molar-refractivity contribution in [1.82, 2.24) is 0 Å². The van der Waals surface area contributed by atoms with Crippen LogP contribution in [0.5, 0.6) is 46.0 Å². The fourth-order valence-corrected chi connectivity index (χ4v) is 3.96. The highest BCUT2D eigenvalue weighted by molar-refractivity contribution is 5.62. The summed E-state index contributed by atoms with van der Waals surface area (Å²) in [6, 6.07) is 12.4. The predicted molar refractivity (Wildman–Crippen MR) is 128 cm³/mol. The number of rotatable bonds is 10. The van der Waals surface area contributed by atoms with Gasteiger partial charge in [-0.2, -0.15) is 0 Å². The monoisotopic (exact) mass is 470 g/mol. The van der Waals surface area contributed by atoms with E-state index >= 15 is 0 Å². The molecular weight excluding hydrogens is 440 g/mol. The smallest absolute Gasteiger partial charge is 0.164 e. The van der Waals surface area contributed by atoms with E-state index in [0.717, 1.165) is 16.7 Å². The van der Waals surface area contributed by atoms with E-state index in [-0.39, 0.29) is 5.75 Å². The Balaban J connectivity index is 2.41. The summed E-state index contributed by atoms with van der Waals surface area (Å²) in [5.74, 6) is 3.22. The third-order valence-electron chi connectivity index (χ3n) is 5.63. The molecule has 0 unspecified atom stereocenters. The third kappa shape index (κ3) is 4.57. The zero-order valence-corrected chi connectivity index (χ0v) is 20.4. The molecule has 0 atom stereocenters. The third-order valence-corrected chi connectivity index (χ3v) is 5.63. The van der Waals surface area contributed by atoms with Gasteiger partial charge >= 0.3 is 0 Å². The molecule has 0 aliphatic rings. The minimum absolute atomic E-state index is 0.0311. The van der Waals surface area contributed by atoms with Gasteiger partial charge in [-0.05, 0) is 29.8 Å². The summed E-state index contributed by atoms with van der Waals surface area (Å²) in [5.41, 5.74) is 2.36. The number of phenolic OH excluding ortho intramolecular Hbond substituents is 1. The van der Waals surface area contributed by atoms with Crippen LogP contribution in [0.2, 0.25) is 0 Å². The first kappa shape index (κ1) is 24.7. The van der Waals surface area contributed by atoms with Gasteiger partial charge in [0.15, 0.2) is 34.5 Å².